The maximum Gasteiger partial charge on any atom is 0.262 e. The molecule has 0 unspecified atom stereocenters. The smallest absolute Gasteiger partial charge is 0.262 e. The van der Waals surface area contributed by atoms with Crippen LogP contribution in [-0.4, -0.2) is 9.13 Å². The molecule has 0 atom stereocenters. The molecule has 1 aromatic carbocycles. The van der Waals surface area contributed by atoms with Gasteiger partial charge in [-0.2, -0.15) is 0 Å². The van der Waals surface area contributed by atoms with Crippen LogP contribution in [0.25, 0.3) is 21.5 Å². The van der Waals surface area contributed by atoms with Crippen molar-refractivity contribution in [3.8, 4) is 0 Å². The Bertz CT molecular complexity index is 1040. The van der Waals surface area contributed by atoms with E-state index in [0.717, 1.165) is 4.57 Å². The summed E-state index contributed by atoms with van der Waals surface area (Å²) in [6.07, 6.45) is 0.610. The standard InChI is InChI=1S/C16H16N2O4/c1-5-16(2,3)18-14(21)10-6-8-9(7-11(10)15(18)22)13(20)17(4)12(8)19/h6-7H,5H2,1-4H3. The lowest BCUT2D eigenvalue weighted by atomic mass is 10.0. The fourth-order valence-corrected chi connectivity index (χ4v) is 2.80. The molecular formula is C16H16N2O4. The molecule has 0 aliphatic heterocycles. The van der Waals surface area contributed by atoms with E-state index in [-0.39, 0.29) is 21.5 Å². The first kappa shape index (κ1) is 14.4. The fraction of sp³-hybridized carbons (Fsp3) is 0.375. The lowest BCUT2D eigenvalue weighted by Gasteiger charge is -2.22. The van der Waals surface area contributed by atoms with Gasteiger partial charge < -0.3 is 0 Å². The van der Waals surface area contributed by atoms with Gasteiger partial charge in [0.25, 0.3) is 22.2 Å². The first-order chi connectivity index (χ1) is 10.2. The Morgan fingerprint density at radius 3 is 1.55 bits per heavy atom. The molecule has 0 N–H and O–H groups in total. The number of aromatic nitrogens is 2. The molecule has 0 spiro atoms. The second kappa shape index (κ2) is 4.25. The SMILES string of the molecule is CCC(C)(C)n1c(=O)c2cc3c(=O)n(C)c(=O)c3cc2c1=O. The third-order valence-electron chi connectivity index (χ3n) is 4.57. The summed E-state index contributed by atoms with van der Waals surface area (Å²) in [6, 6.07) is 2.75. The summed E-state index contributed by atoms with van der Waals surface area (Å²) in [7, 11) is 1.38. The van der Waals surface area contributed by atoms with E-state index in [0.29, 0.717) is 6.42 Å². The van der Waals surface area contributed by atoms with Crippen LogP contribution in [0.2, 0.25) is 0 Å². The highest BCUT2D eigenvalue weighted by molar-refractivity contribution is 5.97. The second-order valence-electron chi connectivity index (χ2n) is 6.22. The van der Waals surface area contributed by atoms with Gasteiger partial charge in [0.15, 0.2) is 0 Å². The van der Waals surface area contributed by atoms with Gasteiger partial charge in [-0.1, -0.05) is 6.92 Å². The predicted octanol–water partition coefficient (Wildman–Crippen LogP) is 0.594. The van der Waals surface area contributed by atoms with Crippen LogP contribution in [0.15, 0.2) is 31.3 Å². The minimum atomic E-state index is -0.623. The number of hydrogen-bond acceptors (Lipinski definition) is 4. The molecule has 0 aliphatic carbocycles. The summed E-state index contributed by atoms with van der Waals surface area (Å²) in [6.45, 7) is 5.52. The van der Waals surface area contributed by atoms with Crippen LogP contribution >= 0.6 is 0 Å². The number of nitrogens with zero attached hydrogens (tertiary/aromatic N) is 2. The average Bonchev–Trinajstić information content (AvgIpc) is 2.86. The molecule has 0 amide bonds. The molecule has 0 saturated carbocycles. The van der Waals surface area contributed by atoms with E-state index in [1.165, 1.54) is 23.7 Å². The van der Waals surface area contributed by atoms with Gasteiger partial charge in [0.2, 0.25) is 0 Å². The highest BCUT2D eigenvalue weighted by Crippen LogP contribution is 2.19. The number of benzene rings is 1. The zero-order valence-corrected chi connectivity index (χ0v) is 12.9. The Hall–Kier alpha value is -2.50. The minimum Gasteiger partial charge on any atom is -0.277 e. The van der Waals surface area contributed by atoms with Crippen molar-refractivity contribution in [2.45, 2.75) is 32.7 Å². The molecule has 3 aromatic rings. The van der Waals surface area contributed by atoms with Crippen molar-refractivity contribution < 1.29 is 0 Å². The van der Waals surface area contributed by atoms with Crippen LogP contribution < -0.4 is 22.2 Å². The van der Waals surface area contributed by atoms with E-state index in [1.807, 2.05) is 20.8 Å². The quantitative estimate of drug-likeness (QED) is 0.694. The first-order valence-electron chi connectivity index (χ1n) is 7.10. The molecule has 0 bridgehead atoms. The summed E-state index contributed by atoms with van der Waals surface area (Å²) < 4.78 is 2.20. The van der Waals surface area contributed by atoms with Gasteiger partial charge in [-0.05, 0) is 32.4 Å². The molecule has 6 heteroatoms. The molecule has 0 saturated heterocycles. The maximum absolute atomic E-state index is 12.6. The van der Waals surface area contributed by atoms with Gasteiger partial charge in [-0.3, -0.25) is 28.3 Å². The van der Waals surface area contributed by atoms with E-state index in [1.54, 1.807) is 0 Å². The monoisotopic (exact) mass is 300 g/mol. The average molecular weight is 300 g/mol. The predicted molar refractivity (Wildman–Crippen MR) is 85.5 cm³/mol. The molecular weight excluding hydrogens is 284 g/mol. The fourth-order valence-electron chi connectivity index (χ4n) is 2.80. The summed E-state index contributed by atoms with van der Waals surface area (Å²) in [5.74, 6) is 0. The Labute approximate surface area is 124 Å². The lowest BCUT2D eigenvalue weighted by molar-refractivity contribution is 0.328. The van der Waals surface area contributed by atoms with E-state index in [9.17, 15) is 19.2 Å². The van der Waals surface area contributed by atoms with E-state index in [2.05, 4.69) is 0 Å². The van der Waals surface area contributed by atoms with Crippen molar-refractivity contribution in [2.75, 3.05) is 0 Å². The van der Waals surface area contributed by atoms with Crippen LogP contribution in [0.1, 0.15) is 27.2 Å². The molecule has 22 heavy (non-hydrogen) atoms. The van der Waals surface area contributed by atoms with Crippen LogP contribution in [0.5, 0.6) is 0 Å². The largest absolute Gasteiger partial charge is 0.277 e. The molecule has 0 fully saturated rings. The van der Waals surface area contributed by atoms with Crippen molar-refractivity contribution in [3.63, 3.8) is 0 Å². The number of rotatable bonds is 2. The minimum absolute atomic E-state index is 0.184. The summed E-state index contributed by atoms with van der Waals surface area (Å²) in [5, 5.41) is 0.760. The Morgan fingerprint density at radius 2 is 1.18 bits per heavy atom. The summed E-state index contributed by atoms with van der Waals surface area (Å²) in [5.41, 5.74) is -2.34. The van der Waals surface area contributed by atoms with Crippen molar-refractivity contribution in [1.82, 2.24) is 9.13 Å². The Kier molecular flexibility index (Phi) is 2.79. The van der Waals surface area contributed by atoms with Gasteiger partial charge in [0.1, 0.15) is 0 Å². The molecule has 114 valence electrons. The van der Waals surface area contributed by atoms with Gasteiger partial charge >= 0.3 is 0 Å². The molecule has 0 aliphatic rings. The summed E-state index contributed by atoms with van der Waals surface area (Å²) >= 11 is 0. The third kappa shape index (κ3) is 1.60. The molecule has 3 rings (SSSR count). The van der Waals surface area contributed by atoms with Crippen LogP contribution in [0.3, 0.4) is 0 Å². The normalized spacial score (nSPS) is 12.5. The van der Waals surface area contributed by atoms with Crippen LogP contribution in [0, 0.1) is 0 Å². The van der Waals surface area contributed by atoms with Crippen molar-refractivity contribution in [2.24, 2.45) is 7.05 Å². The van der Waals surface area contributed by atoms with Crippen molar-refractivity contribution in [1.29, 1.82) is 0 Å². The highest BCUT2D eigenvalue weighted by atomic mass is 16.2. The first-order valence-corrected chi connectivity index (χ1v) is 7.10. The van der Waals surface area contributed by atoms with E-state index in [4.69, 9.17) is 0 Å². The van der Waals surface area contributed by atoms with Crippen molar-refractivity contribution in [3.05, 3.63) is 53.5 Å². The molecule has 2 aromatic heterocycles. The topological polar surface area (TPSA) is 78.1 Å². The van der Waals surface area contributed by atoms with Gasteiger partial charge in [0, 0.05) is 12.6 Å². The van der Waals surface area contributed by atoms with E-state index < -0.39 is 27.8 Å². The van der Waals surface area contributed by atoms with E-state index >= 15 is 0 Å². The summed E-state index contributed by atoms with van der Waals surface area (Å²) in [4.78, 5) is 49.2. The number of hydrogen-bond donors (Lipinski definition) is 0. The zero-order valence-electron chi connectivity index (χ0n) is 12.9. The van der Waals surface area contributed by atoms with Gasteiger partial charge in [-0.25, -0.2) is 0 Å². The van der Waals surface area contributed by atoms with Gasteiger partial charge in [0.05, 0.1) is 21.5 Å². The van der Waals surface area contributed by atoms with Crippen molar-refractivity contribution >= 4 is 21.5 Å². The highest BCUT2D eigenvalue weighted by Gasteiger charge is 2.26. The van der Waals surface area contributed by atoms with Gasteiger partial charge in [-0.15, -0.1) is 0 Å². The third-order valence-corrected chi connectivity index (χ3v) is 4.57. The zero-order chi connectivity index (χ0) is 16.4. The Morgan fingerprint density at radius 1 is 0.818 bits per heavy atom. The maximum atomic E-state index is 12.6. The molecule has 6 nitrogen and oxygen atoms in total. The molecule has 2 heterocycles. The van der Waals surface area contributed by atoms with Crippen LogP contribution in [-0.2, 0) is 12.6 Å². The molecule has 0 radical (unpaired) electrons. The lowest BCUT2D eigenvalue weighted by Crippen LogP contribution is -2.40. The Balaban J connectivity index is 2.59. The number of fused-ring (bicyclic) bond motifs is 2. The van der Waals surface area contributed by atoms with Crippen LogP contribution in [0.4, 0.5) is 0 Å². The second-order valence-corrected chi connectivity index (χ2v) is 6.22.